The third kappa shape index (κ3) is 4.96. The second-order valence-corrected chi connectivity index (χ2v) is 8.50. The fraction of sp³-hybridized carbons (Fsp3) is 0.619. The van der Waals surface area contributed by atoms with Crippen LogP contribution in [0.15, 0.2) is 12.1 Å². The first-order valence-corrected chi connectivity index (χ1v) is 11.4. The summed E-state index contributed by atoms with van der Waals surface area (Å²) in [6.07, 6.45) is 1.16. The van der Waals surface area contributed by atoms with Gasteiger partial charge in [0.25, 0.3) is 0 Å². The Balaban J connectivity index is 0.00000124. The van der Waals surface area contributed by atoms with Gasteiger partial charge >= 0.3 is 6.03 Å². The van der Waals surface area contributed by atoms with Gasteiger partial charge in [0.15, 0.2) is 5.13 Å². The second-order valence-electron chi connectivity index (χ2n) is 7.50. The molecule has 2 aromatic rings. The molecule has 0 atom stereocenters. The number of benzene rings is 1. The number of carbonyl (C=O) groups excluding carboxylic acids is 1. The summed E-state index contributed by atoms with van der Waals surface area (Å²) >= 11 is 1.46. The van der Waals surface area contributed by atoms with E-state index in [4.69, 9.17) is 9.47 Å². The van der Waals surface area contributed by atoms with E-state index in [9.17, 15) is 9.90 Å². The first-order valence-electron chi connectivity index (χ1n) is 10.6. The van der Waals surface area contributed by atoms with Gasteiger partial charge in [-0.15, -0.1) is 0 Å². The maximum absolute atomic E-state index is 12.6. The minimum Gasteiger partial charge on any atom is -0.494 e. The molecule has 30 heavy (non-hydrogen) atoms. The molecule has 8 nitrogen and oxygen atoms in total. The van der Waals surface area contributed by atoms with E-state index in [0.717, 1.165) is 29.0 Å². The van der Waals surface area contributed by atoms with E-state index in [1.54, 1.807) is 12.0 Å². The SMILES string of the molecule is CC.COc1ccc(N2CCOCC2)c2sc(NC(=O)N3CCC(C)(O)CC3)nc12. The topological polar surface area (TPSA) is 87.2 Å². The quantitative estimate of drug-likeness (QED) is 0.765. The molecule has 9 heteroatoms. The number of amides is 2. The van der Waals surface area contributed by atoms with Crippen molar-refractivity contribution in [1.82, 2.24) is 9.88 Å². The predicted molar refractivity (Wildman–Crippen MR) is 121 cm³/mol. The lowest BCUT2D eigenvalue weighted by Gasteiger charge is -2.35. The highest BCUT2D eigenvalue weighted by atomic mass is 32.1. The van der Waals surface area contributed by atoms with Crippen molar-refractivity contribution in [1.29, 1.82) is 0 Å². The van der Waals surface area contributed by atoms with Gasteiger partial charge in [0, 0.05) is 26.2 Å². The highest BCUT2D eigenvalue weighted by Gasteiger charge is 2.30. The van der Waals surface area contributed by atoms with Crippen LogP contribution in [0.5, 0.6) is 5.75 Å². The summed E-state index contributed by atoms with van der Waals surface area (Å²) in [5, 5.41) is 13.6. The van der Waals surface area contributed by atoms with Gasteiger partial charge in [-0.1, -0.05) is 25.2 Å². The maximum atomic E-state index is 12.6. The number of aromatic nitrogens is 1. The monoisotopic (exact) mass is 436 g/mol. The number of rotatable bonds is 3. The molecule has 0 unspecified atom stereocenters. The number of piperidine rings is 1. The third-order valence-electron chi connectivity index (χ3n) is 5.40. The van der Waals surface area contributed by atoms with E-state index in [0.29, 0.717) is 50.0 Å². The van der Waals surface area contributed by atoms with Crippen molar-refractivity contribution in [2.75, 3.05) is 56.7 Å². The number of morpholine rings is 1. The summed E-state index contributed by atoms with van der Waals surface area (Å²) in [7, 11) is 1.63. The number of carbonyl (C=O) groups is 1. The molecule has 0 saturated carbocycles. The Kier molecular flexibility index (Phi) is 7.38. The average Bonchev–Trinajstić information content (AvgIpc) is 3.18. The summed E-state index contributed by atoms with van der Waals surface area (Å²) in [5.41, 5.74) is 1.16. The fourth-order valence-corrected chi connectivity index (χ4v) is 4.62. The molecular formula is C21H32N4O4S. The number of fused-ring (bicyclic) bond motifs is 1. The number of aliphatic hydroxyl groups is 1. The number of nitrogens with zero attached hydrogens (tertiary/aromatic N) is 3. The van der Waals surface area contributed by atoms with Crippen LogP contribution in [-0.2, 0) is 4.74 Å². The van der Waals surface area contributed by atoms with Crippen LogP contribution >= 0.6 is 11.3 Å². The highest BCUT2D eigenvalue weighted by Crippen LogP contribution is 2.39. The van der Waals surface area contributed by atoms with Gasteiger partial charge in [-0.05, 0) is 31.9 Å². The van der Waals surface area contributed by atoms with Crippen LogP contribution in [-0.4, -0.2) is 73.1 Å². The van der Waals surface area contributed by atoms with Crippen LogP contribution in [0.25, 0.3) is 10.2 Å². The molecule has 4 rings (SSSR count). The van der Waals surface area contributed by atoms with Crippen molar-refractivity contribution in [3.8, 4) is 5.75 Å². The third-order valence-corrected chi connectivity index (χ3v) is 6.39. The molecule has 1 aromatic heterocycles. The number of thiazole rings is 1. The normalized spacial score (nSPS) is 18.6. The molecule has 2 N–H and O–H groups in total. The molecule has 0 spiro atoms. The molecule has 2 aliphatic rings. The van der Waals surface area contributed by atoms with Gasteiger partial charge in [-0.3, -0.25) is 5.32 Å². The Labute approximate surface area is 181 Å². The molecule has 2 saturated heterocycles. The van der Waals surface area contributed by atoms with Gasteiger partial charge in [0.2, 0.25) is 0 Å². The van der Waals surface area contributed by atoms with Gasteiger partial charge in [-0.25, -0.2) is 9.78 Å². The van der Waals surface area contributed by atoms with Crippen molar-refractivity contribution >= 4 is 38.4 Å². The first-order chi connectivity index (χ1) is 14.5. The molecule has 0 bridgehead atoms. The Morgan fingerprint density at radius 2 is 1.90 bits per heavy atom. The molecule has 166 valence electrons. The maximum Gasteiger partial charge on any atom is 0.323 e. The van der Waals surface area contributed by atoms with Crippen LogP contribution in [0.2, 0.25) is 0 Å². The first kappa shape index (κ1) is 22.6. The number of urea groups is 1. The summed E-state index contributed by atoms with van der Waals surface area (Å²) in [4.78, 5) is 21.3. The van der Waals surface area contributed by atoms with Crippen LogP contribution in [0.1, 0.15) is 33.6 Å². The largest absolute Gasteiger partial charge is 0.494 e. The Morgan fingerprint density at radius 3 is 2.53 bits per heavy atom. The predicted octanol–water partition coefficient (Wildman–Crippen LogP) is 3.55. The van der Waals surface area contributed by atoms with E-state index in [1.807, 2.05) is 32.9 Å². The van der Waals surface area contributed by atoms with E-state index in [-0.39, 0.29) is 6.03 Å². The number of nitrogens with one attached hydrogen (secondary N) is 1. The Bertz CT molecular complexity index is 854. The molecule has 2 amide bonds. The van der Waals surface area contributed by atoms with Gasteiger partial charge in [-0.2, -0.15) is 0 Å². The minimum atomic E-state index is -0.687. The lowest BCUT2D eigenvalue weighted by atomic mass is 9.94. The van der Waals surface area contributed by atoms with E-state index in [2.05, 4.69) is 15.2 Å². The number of likely N-dealkylation sites (tertiary alicyclic amines) is 1. The van der Waals surface area contributed by atoms with Crippen molar-refractivity contribution in [2.45, 2.75) is 39.2 Å². The van der Waals surface area contributed by atoms with E-state index < -0.39 is 5.60 Å². The Morgan fingerprint density at radius 1 is 1.23 bits per heavy atom. The molecule has 0 radical (unpaired) electrons. The van der Waals surface area contributed by atoms with Gasteiger partial charge in [0.1, 0.15) is 11.3 Å². The number of hydrogen-bond acceptors (Lipinski definition) is 7. The highest BCUT2D eigenvalue weighted by molar-refractivity contribution is 7.23. The number of hydrogen-bond donors (Lipinski definition) is 2. The number of anilines is 2. The van der Waals surface area contributed by atoms with Crippen molar-refractivity contribution in [3.05, 3.63) is 12.1 Å². The average molecular weight is 437 g/mol. The number of ether oxygens (including phenoxy) is 2. The smallest absolute Gasteiger partial charge is 0.323 e. The summed E-state index contributed by atoms with van der Waals surface area (Å²) in [6, 6.07) is 3.79. The number of methoxy groups -OCH3 is 1. The Hall–Kier alpha value is -2.10. The van der Waals surface area contributed by atoms with Crippen molar-refractivity contribution in [2.24, 2.45) is 0 Å². The lowest BCUT2D eigenvalue weighted by molar-refractivity contribution is 0.00570. The summed E-state index contributed by atoms with van der Waals surface area (Å²) in [5.74, 6) is 0.692. The van der Waals surface area contributed by atoms with E-state index >= 15 is 0 Å². The summed E-state index contributed by atoms with van der Waals surface area (Å²) in [6.45, 7) is 9.94. The van der Waals surface area contributed by atoms with Crippen LogP contribution in [0, 0.1) is 0 Å². The molecule has 3 heterocycles. The van der Waals surface area contributed by atoms with Crippen LogP contribution in [0.3, 0.4) is 0 Å². The zero-order valence-corrected chi connectivity index (χ0v) is 19.0. The van der Waals surface area contributed by atoms with Crippen LogP contribution < -0.4 is 15.0 Å². The zero-order valence-electron chi connectivity index (χ0n) is 18.2. The fourth-order valence-electron chi connectivity index (χ4n) is 3.60. The molecule has 2 fully saturated rings. The van der Waals surface area contributed by atoms with Crippen molar-refractivity contribution < 1.29 is 19.4 Å². The van der Waals surface area contributed by atoms with Crippen LogP contribution in [0.4, 0.5) is 15.6 Å². The lowest BCUT2D eigenvalue weighted by Crippen LogP contribution is -2.46. The zero-order chi connectivity index (χ0) is 21.7. The second kappa shape index (κ2) is 9.80. The standard InChI is InChI=1S/C19H26N4O4S.C2H6/c1-19(25)5-7-23(8-6-19)18(24)21-17-20-15-14(26-2)4-3-13(16(15)28-17)22-9-11-27-12-10-22;1-2/h3-4,25H,5-12H2,1-2H3,(H,20,21,24);1-2H3. The molecule has 2 aliphatic heterocycles. The minimum absolute atomic E-state index is 0.179. The van der Waals surface area contributed by atoms with Gasteiger partial charge < -0.3 is 24.4 Å². The molecular weight excluding hydrogens is 404 g/mol. The molecule has 1 aromatic carbocycles. The summed E-state index contributed by atoms with van der Waals surface area (Å²) < 4.78 is 11.9. The van der Waals surface area contributed by atoms with Gasteiger partial charge in [0.05, 0.1) is 36.3 Å². The van der Waals surface area contributed by atoms with E-state index in [1.165, 1.54) is 11.3 Å². The van der Waals surface area contributed by atoms with Crippen molar-refractivity contribution in [3.63, 3.8) is 0 Å². The molecule has 0 aliphatic carbocycles.